The predicted molar refractivity (Wildman–Crippen MR) is 111 cm³/mol. The van der Waals surface area contributed by atoms with Gasteiger partial charge in [0, 0.05) is 12.6 Å². The Morgan fingerprint density at radius 3 is 2.90 bits per heavy atom. The second kappa shape index (κ2) is 6.99. The van der Waals surface area contributed by atoms with Gasteiger partial charge in [-0.25, -0.2) is 0 Å². The van der Waals surface area contributed by atoms with Crippen LogP contribution in [0.1, 0.15) is 10.4 Å². The van der Waals surface area contributed by atoms with Crippen LogP contribution in [0.5, 0.6) is 5.75 Å². The van der Waals surface area contributed by atoms with Crippen LogP contribution in [-0.2, 0) is 11.8 Å². The van der Waals surface area contributed by atoms with Gasteiger partial charge in [-0.3, -0.25) is 23.4 Å². The number of carbonyl (C=O) groups excluding carboxylic acids is 2. The number of benzene rings is 2. The molecule has 0 spiro atoms. The molecule has 30 heavy (non-hydrogen) atoms. The van der Waals surface area contributed by atoms with Crippen molar-refractivity contribution < 1.29 is 14.3 Å². The number of fused-ring (bicyclic) bond motifs is 4. The molecule has 0 saturated heterocycles. The fourth-order valence-corrected chi connectivity index (χ4v) is 4.21. The molecular formula is C20H15N5O4S. The zero-order valence-electron chi connectivity index (χ0n) is 15.8. The molecule has 1 N–H and O–H groups in total. The van der Waals surface area contributed by atoms with Gasteiger partial charge in [0.1, 0.15) is 5.75 Å². The fourth-order valence-electron chi connectivity index (χ4n) is 3.37. The molecule has 0 aliphatic carbocycles. The molecule has 4 aromatic rings. The molecule has 1 aliphatic rings. The lowest BCUT2D eigenvalue weighted by Gasteiger charge is -2.18. The number of ether oxygens (including phenoxy) is 1. The van der Waals surface area contributed by atoms with Crippen molar-refractivity contribution in [3.8, 4) is 5.75 Å². The number of amides is 1. The Kier molecular flexibility index (Phi) is 4.28. The molecule has 150 valence electrons. The minimum absolute atomic E-state index is 0.0352. The second-order valence-electron chi connectivity index (χ2n) is 6.76. The van der Waals surface area contributed by atoms with Gasteiger partial charge in [-0.2, -0.15) is 0 Å². The van der Waals surface area contributed by atoms with E-state index in [1.165, 1.54) is 16.3 Å². The van der Waals surface area contributed by atoms with Crippen LogP contribution in [0.3, 0.4) is 0 Å². The number of nitrogens with one attached hydrogen (secondary N) is 1. The summed E-state index contributed by atoms with van der Waals surface area (Å²) in [6, 6.07) is 12.2. The SMILES string of the molecule is Cn1c(=O)c2ccccc2n2c(SCC(=O)c3ccc4c(c3)NC(=O)CO4)nnc12. The van der Waals surface area contributed by atoms with Crippen molar-refractivity contribution in [2.75, 3.05) is 17.7 Å². The number of hydrogen-bond donors (Lipinski definition) is 1. The minimum atomic E-state index is -0.256. The lowest BCUT2D eigenvalue weighted by molar-refractivity contribution is -0.118. The Bertz CT molecular complexity index is 1410. The summed E-state index contributed by atoms with van der Waals surface area (Å²) in [6.45, 7) is -0.0352. The number of hydrogen-bond acceptors (Lipinski definition) is 7. The maximum atomic E-state index is 12.7. The fraction of sp³-hybridized carbons (Fsp3) is 0.150. The highest BCUT2D eigenvalue weighted by molar-refractivity contribution is 7.99. The lowest BCUT2D eigenvalue weighted by Crippen LogP contribution is -2.25. The van der Waals surface area contributed by atoms with Crippen molar-refractivity contribution >= 4 is 45.8 Å². The summed E-state index contributed by atoms with van der Waals surface area (Å²) in [5.74, 6) is 0.672. The molecule has 5 rings (SSSR count). The number of aromatic nitrogens is 4. The predicted octanol–water partition coefficient (Wildman–Crippen LogP) is 1.89. The van der Waals surface area contributed by atoms with E-state index in [0.29, 0.717) is 38.8 Å². The summed E-state index contributed by atoms with van der Waals surface area (Å²) in [5, 5.41) is 12.1. The first kappa shape index (κ1) is 18.4. The zero-order chi connectivity index (χ0) is 20.8. The first-order chi connectivity index (χ1) is 14.5. The van der Waals surface area contributed by atoms with Crippen molar-refractivity contribution in [2.24, 2.45) is 7.05 Å². The number of para-hydroxylation sites is 1. The Morgan fingerprint density at radius 2 is 2.03 bits per heavy atom. The van der Waals surface area contributed by atoms with Crippen LogP contribution in [0, 0.1) is 0 Å². The van der Waals surface area contributed by atoms with Crippen molar-refractivity contribution in [2.45, 2.75) is 5.16 Å². The van der Waals surface area contributed by atoms with Gasteiger partial charge in [-0.15, -0.1) is 10.2 Å². The van der Waals surface area contributed by atoms with Crippen LogP contribution in [0.25, 0.3) is 16.7 Å². The van der Waals surface area contributed by atoms with Crippen LogP contribution in [0.4, 0.5) is 5.69 Å². The molecule has 1 aliphatic heterocycles. The van der Waals surface area contributed by atoms with E-state index in [-0.39, 0.29) is 29.6 Å². The largest absolute Gasteiger partial charge is 0.482 e. The molecule has 10 heteroatoms. The number of rotatable bonds is 4. The smallest absolute Gasteiger partial charge is 0.262 e. The summed E-state index contributed by atoms with van der Waals surface area (Å²) < 4.78 is 8.53. The van der Waals surface area contributed by atoms with Gasteiger partial charge in [-0.05, 0) is 30.3 Å². The van der Waals surface area contributed by atoms with Crippen LogP contribution in [0.2, 0.25) is 0 Å². The maximum Gasteiger partial charge on any atom is 0.262 e. The van der Waals surface area contributed by atoms with Gasteiger partial charge >= 0.3 is 0 Å². The van der Waals surface area contributed by atoms with E-state index in [1.807, 2.05) is 12.1 Å². The topological polar surface area (TPSA) is 108 Å². The van der Waals surface area contributed by atoms with E-state index in [2.05, 4.69) is 15.5 Å². The molecule has 2 aromatic heterocycles. The molecule has 2 aromatic carbocycles. The summed E-state index contributed by atoms with van der Waals surface area (Å²) in [7, 11) is 1.64. The van der Waals surface area contributed by atoms with Crippen LogP contribution < -0.4 is 15.6 Å². The average molecular weight is 421 g/mol. The molecule has 0 bridgehead atoms. The molecule has 0 saturated carbocycles. The van der Waals surface area contributed by atoms with Crippen LogP contribution in [0.15, 0.2) is 52.4 Å². The normalized spacial score (nSPS) is 13.2. The standard InChI is InChI=1S/C20H15N5O4S/c1-24-18(28)12-4-2-3-5-14(12)25-19(24)22-23-20(25)30-10-15(26)11-6-7-16-13(8-11)21-17(27)9-29-16/h2-8H,9-10H2,1H3,(H,21,27). The van der Waals surface area contributed by atoms with Gasteiger partial charge in [0.05, 0.1) is 22.3 Å². The van der Waals surface area contributed by atoms with E-state index in [0.717, 1.165) is 0 Å². The van der Waals surface area contributed by atoms with Gasteiger partial charge in [0.25, 0.3) is 11.5 Å². The Hall–Kier alpha value is -3.66. The second-order valence-corrected chi connectivity index (χ2v) is 7.70. The van der Waals surface area contributed by atoms with E-state index in [1.54, 1.807) is 41.8 Å². The number of carbonyl (C=O) groups is 2. The number of Topliss-reactive ketones (excluding diaryl/α,β-unsaturated/α-hetero) is 1. The number of aryl methyl sites for hydroxylation is 1. The molecular weight excluding hydrogens is 406 g/mol. The quantitative estimate of drug-likeness (QED) is 0.396. The highest BCUT2D eigenvalue weighted by Gasteiger charge is 2.19. The highest BCUT2D eigenvalue weighted by Crippen LogP contribution is 2.29. The zero-order valence-corrected chi connectivity index (χ0v) is 16.6. The van der Waals surface area contributed by atoms with Crippen molar-refractivity contribution in [1.29, 1.82) is 0 Å². The highest BCUT2D eigenvalue weighted by atomic mass is 32.2. The van der Waals surface area contributed by atoms with Crippen molar-refractivity contribution in [3.63, 3.8) is 0 Å². The maximum absolute atomic E-state index is 12.7. The lowest BCUT2D eigenvalue weighted by atomic mass is 10.1. The van der Waals surface area contributed by atoms with Crippen molar-refractivity contribution in [1.82, 2.24) is 19.2 Å². The Morgan fingerprint density at radius 1 is 1.20 bits per heavy atom. The molecule has 9 nitrogen and oxygen atoms in total. The summed E-state index contributed by atoms with van der Waals surface area (Å²) in [4.78, 5) is 36.8. The van der Waals surface area contributed by atoms with Gasteiger partial charge in [0.15, 0.2) is 17.5 Å². The van der Waals surface area contributed by atoms with E-state index in [9.17, 15) is 14.4 Å². The average Bonchev–Trinajstić information content (AvgIpc) is 3.19. The first-order valence-electron chi connectivity index (χ1n) is 9.08. The minimum Gasteiger partial charge on any atom is -0.482 e. The number of nitrogens with zero attached hydrogens (tertiary/aromatic N) is 4. The van der Waals surface area contributed by atoms with Gasteiger partial charge in [0.2, 0.25) is 5.78 Å². The number of thioether (sulfide) groups is 1. The Labute approximate surface area is 173 Å². The first-order valence-corrected chi connectivity index (χ1v) is 10.1. The van der Waals surface area contributed by atoms with Crippen LogP contribution >= 0.6 is 11.8 Å². The van der Waals surface area contributed by atoms with Gasteiger partial charge < -0.3 is 10.1 Å². The van der Waals surface area contributed by atoms with E-state index in [4.69, 9.17) is 4.74 Å². The molecule has 1 amide bonds. The number of ketones is 1. The third kappa shape index (κ3) is 2.92. The Balaban J connectivity index is 1.46. The molecule has 0 radical (unpaired) electrons. The molecule has 3 heterocycles. The monoisotopic (exact) mass is 421 g/mol. The third-order valence-electron chi connectivity index (χ3n) is 4.86. The number of anilines is 1. The van der Waals surface area contributed by atoms with Crippen LogP contribution in [-0.4, -0.2) is 43.2 Å². The van der Waals surface area contributed by atoms with Crippen molar-refractivity contribution in [3.05, 3.63) is 58.4 Å². The summed E-state index contributed by atoms with van der Waals surface area (Å²) in [6.07, 6.45) is 0. The summed E-state index contributed by atoms with van der Waals surface area (Å²) >= 11 is 1.23. The van der Waals surface area contributed by atoms with Gasteiger partial charge in [-0.1, -0.05) is 23.9 Å². The van der Waals surface area contributed by atoms with E-state index < -0.39 is 0 Å². The molecule has 0 unspecified atom stereocenters. The molecule has 0 atom stereocenters. The third-order valence-corrected chi connectivity index (χ3v) is 5.79. The summed E-state index contributed by atoms with van der Waals surface area (Å²) in [5.41, 5.74) is 1.47. The molecule has 0 fully saturated rings. The van der Waals surface area contributed by atoms with E-state index >= 15 is 0 Å².